The van der Waals surface area contributed by atoms with Crippen molar-refractivity contribution in [2.75, 3.05) is 39.4 Å². The molecule has 0 bridgehead atoms. The van der Waals surface area contributed by atoms with Gasteiger partial charge in [-0.05, 0) is 6.07 Å². The van der Waals surface area contributed by atoms with Gasteiger partial charge < -0.3 is 19.6 Å². The van der Waals surface area contributed by atoms with Crippen LogP contribution in [0.1, 0.15) is 10.4 Å². The van der Waals surface area contributed by atoms with E-state index < -0.39 is 6.10 Å². The molecular weight excluding hydrogens is 284 g/mol. The maximum absolute atomic E-state index is 12.2. The molecule has 1 fully saturated rings. The fourth-order valence-corrected chi connectivity index (χ4v) is 2.61. The van der Waals surface area contributed by atoms with Gasteiger partial charge in [0, 0.05) is 31.6 Å². The zero-order chi connectivity index (χ0) is 15.4. The number of hydrogen-bond donors (Lipinski definition) is 2. The highest BCUT2D eigenvalue weighted by atomic mass is 16.5. The fourth-order valence-electron chi connectivity index (χ4n) is 2.61. The number of fused-ring (bicyclic) bond motifs is 1. The number of ether oxygens (including phenoxy) is 1. The molecule has 1 aromatic heterocycles. The van der Waals surface area contributed by atoms with E-state index >= 15 is 0 Å². The van der Waals surface area contributed by atoms with Crippen LogP contribution in [-0.2, 0) is 4.74 Å². The zero-order valence-electron chi connectivity index (χ0n) is 12.3. The Bertz CT molecular complexity index is 634. The van der Waals surface area contributed by atoms with E-state index in [9.17, 15) is 9.90 Å². The summed E-state index contributed by atoms with van der Waals surface area (Å²) >= 11 is 0. The molecule has 6 nitrogen and oxygen atoms in total. The van der Waals surface area contributed by atoms with Gasteiger partial charge in [-0.3, -0.25) is 9.69 Å². The lowest BCUT2D eigenvalue weighted by Crippen LogP contribution is -2.44. The Morgan fingerprint density at radius 3 is 2.91 bits per heavy atom. The van der Waals surface area contributed by atoms with E-state index in [0.29, 0.717) is 30.9 Å². The number of nitrogens with one attached hydrogen (secondary N) is 1. The van der Waals surface area contributed by atoms with Crippen molar-refractivity contribution >= 4 is 16.9 Å². The third kappa shape index (κ3) is 3.47. The number of para-hydroxylation sites is 1. The van der Waals surface area contributed by atoms with Crippen molar-refractivity contribution < 1.29 is 19.1 Å². The average molecular weight is 304 g/mol. The highest BCUT2D eigenvalue weighted by Crippen LogP contribution is 2.20. The van der Waals surface area contributed by atoms with Gasteiger partial charge >= 0.3 is 0 Å². The third-order valence-electron chi connectivity index (χ3n) is 3.80. The maximum atomic E-state index is 12.2. The average Bonchev–Trinajstić information content (AvgIpc) is 2.98. The summed E-state index contributed by atoms with van der Waals surface area (Å²) in [5, 5.41) is 13.6. The Kier molecular flexibility index (Phi) is 4.72. The lowest BCUT2D eigenvalue weighted by Gasteiger charge is -2.28. The van der Waals surface area contributed by atoms with Crippen LogP contribution in [0.25, 0.3) is 11.0 Å². The molecule has 0 unspecified atom stereocenters. The minimum atomic E-state index is -0.597. The molecule has 1 aromatic carbocycles. The fraction of sp³-hybridized carbons (Fsp3) is 0.438. The lowest BCUT2D eigenvalue weighted by molar-refractivity contribution is 0.0149. The van der Waals surface area contributed by atoms with Crippen LogP contribution < -0.4 is 5.32 Å². The topological polar surface area (TPSA) is 74.9 Å². The highest BCUT2D eigenvalue weighted by Gasteiger charge is 2.17. The summed E-state index contributed by atoms with van der Waals surface area (Å²) in [7, 11) is 0. The van der Waals surface area contributed by atoms with E-state index in [4.69, 9.17) is 9.15 Å². The number of rotatable bonds is 5. The monoisotopic (exact) mass is 304 g/mol. The molecule has 1 atom stereocenters. The van der Waals surface area contributed by atoms with Gasteiger partial charge in [0.05, 0.1) is 24.9 Å². The molecule has 1 aliphatic heterocycles. The molecule has 2 heterocycles. The van der Waals surface area contributed by atoms with E-state index in [-0.39, 0.29) is 12.5 Å². The van der Waals surface area contributed by atoms with Crippen LogP contribution >= 0.6 is 0 Å². The van der Waals surface area contributed by atoms with Crippen molar-refractivity contribution in [3.63, 3.8) is 0 Å². The van der Waals surface area contributed by atoms with Gasteiger partial charge in [0.2, 0.25) is 0 Å². The molecule has 0 aliphatic carbocycles. The van der Waals surface area contributed by atoms with Crippen molar-refractivity contribution in [1.82, 2.24) is 10.2 Å². The number of carbonyl (C=O) groups excluding carboxylic acids is 1. The second-order valence-electron chi connectivity index (χ2n) is 5.42. The molecule has 2 aromatic rings. The van der Waals surface area contributed by atoms with Gasteiger partial charge in [0.15, 0.2) is 0 Å². The summed E-state index contributed by atoms with van der Waals surface area (Å²) in [6, 6.07) is 7.39. The van der Waals surface area contributed by atoms with Crippen molar-refractivity contribution in [2.45, 2.75) is 6.10 Å². The van der Waals surface area contributed by atoms with E-state index in [1.165, 1.54) is 6.26 Å². The van der Waals surface area contributed by atoms with Crippen molar-refractivity contribution in [2.24, 2.45) is 0 Å². The van der Waals surface area contributed by atoms with Gasteiger partial charge in [-0.25, -0.2) is 0 Å². The van der Waals surface area contributed by atoms with Crippen LogP contribution in [0.15, 0.2) is 34.9 Å². The molecule has 0 saturated carbocycles. The number of β-amino-alcohol motifs (C(OH)–C–C–N with tert-alkyl or cyclic N) is 1. The third-order valence-corrected chi connectivity index (χ3v) is 3.80. The molecule has 0 radical (unpaired) electrons. The first-order chi connectivity index (χ1) is 10.7. The second-order valence-corrected chi connectivity index (χ2v) is 5.42. The standard InChI is InChI=1S/C16H20N2O4/c19-12(10-18-5-7-21-8-6-18)9-17-16(20)14-11-22-15-4-2-1-3-13(14)15/h1-4,11-12,19H,5-10H2,(H,17,20)/t12-/m0/s1. The molecule has 1 aliphatic rings. The number of nitrogens with zero attached hydrogens (tertiary/aromatic N) is 1. The predicted molar refractivity (Wildman–Crippen MR) is 81.8 cm³/mol. The molecular formula is C16H20N2O4. The first-order valence-corrected chi connectivity index (χ1v) is 7.46. The molecule has 1 amide bonds. The Morgan fingerprint density at radius 2 is 2.09 bits per heavy atom. The first-order valence-electron chi connectivity index (χ1n) is 7.46. The van der Waals surface area contributed by atoms with Crippen LogP contribution in [0.4, 0.5) is 0 Å². The number of morpholine rings is 1. The van der Waals surface area contributed by atoms with Gasteiger partial charge in [-0.2, -0.15) is 0 Å². The van der Waals surface area contributed by atoms with Gasteiger partial charge in [0.1, 0.15) is 11.8 Å². The molecule has 118 valence electrons. The Morgan fingerprint density at radius 1 is 1.32 bits per heavy atom. The Hall–Kier alpha value is -1.89. The molecule has 6 heteroatoms. The number of carbonyl (C=O) groups is 1. The maximum Gasteiger partial charge on any atom is 0.255 e. The highest BCUT2D eigenvalue weighted by molar-refractivity contribution is 6.05. The first kappa shape index (κ1) is 15.0. The second kappa shape index (κ2) is 6.91. The van der Waals surface area contributed by atoms with Crippen molar-refractivity contribution in [3.8, 4) is 0 Å². The summed E-state index contributed by atoms with van der Waals surface area (Å²) in [5.74, 6) is -0.231. The van der Waals surface area contributed by atoms with Crippen LogP contribution in [0.5, 0.6) is 0 Å². The number of aliphatic hydroxyl groups is 1. The molecule has 22 heavy (non-hydrogen) atoms. The summed E-state index contributed by atoms with van der Waals surface area (Å²) in [5.41, 5.74) is 1.18. The number of hydrogen-bond acceptors (Lipinski definition) is 5. The Balaban J connectivity index is 1.53. The molecule has 1 saturated heterocycles. The molecule has 2 N–H and O–H groups in total. The summed E-state index contributed by atoms with van der Waals surface area (Å²) in [4.78, 5) is 14.3. The van der Waals surface area contributed by atoms with Crippen LogP contribution in [-0.4, -0.2) is 61.4 Å². The van der Waals surface area contributed by atoms with E-state index in [0.717, 1.165) is 18.5 Å². The number of amides is 1. The van der Waals surface area contributed by atoms with Crippen LogP contribution in [0.2, 0.25) is 0 Å². The molecule has 0 spiro atoms. The van der Waals surface area contributed by atoms with Gasteiger partial charge in [-0.1, -0.05) is 18.2 Å². The van der Waals surface area contributed by atoms with E-state index in [1.54, 1.807) is 0 Å². The van der Waals surface area contributed by atoms with Crippen LogP contribution in [0.3, 0.4) is 0 Å². The number of furan rings is 1. The number of aliphatic hydroxyl groups excluding tert-OH is 1. The SMILES string of the molecule is O=C(NC[C@H](O)CN1CCOCC1)c1coc2ccccc12. The summed E-state index contributed by atoms with van der Waals surface area (Å²) in [6.45, 7) is 3.78. The van der Waals surface area contributed by atoms with Crippen LogP contribution in [0, 0.1) is 0 Å². The predicted octanol–water partition coefficient (Wildman–Crippen LogP) is 0.856. The smallest absolute Gasteiger partial charge is 0.255 e. The van der Waals surface area contributed by atoms with Gasteiger partial charge in [0.25, 0.3) is 5.91 Å². The zero-order valence-corrected chi connectivity index (χ0v) is 12.3. The normalized spacial score (nSPS) is 17.5. The minimum Gasteiger partial charge on any atom is -0.463 e. The largest absolute Gasteiger partial charge is 0.463 e. The summed E-state index contributed by atoms with van der Waals surface area (Å²) < 4.78 is 10.6. The van der Waals surface area contributed by atoms with Gasteiger partial charge in [-0.15, -0.1) is 0 Å². The minimum absolute atomic E-state index is 0.218. The molecule has 3 rings (SSSR count). The van der Waals surface area contributed by atoms with E-state index in [2.05, 4.69) is 10.2 Å². The summed E-state index contributed by atoms with van der Waals surface area (Å²) in [6.07, 6.45) is 0.856. The number of benzene rings is 1. The quantitative estimate of drug-likeness (QED) is 0.857. The Labute approximate surface area is 128 Å². The van der Waals surface area contributed by atoms with Crippen molar-refractivity contribution in [3.05, 3.63) is 36.1 Å². The van der Waals surface area contributed by atoms with Crippen molar-refractivity contribution in [1.29, 1.82) is 0 Å². The lowest BCUT2D eigenvalue weighted by atomic mass is 10.1. The van der Waals surface area contributed by atoms with E-state index in [1.807, 2.05) is 24.3 Å².